The van der Waals surface area contributed by atoms with Crippen LogP contribution in [0.4, 0.5) is 5.69 Å². The number of carbonyl (C=O) groups is 1. The molecule has 2 N–H and O–H groups in total. The minimum absolute atomic E-state index is 0.0815. The van der Waals surface area contributed by atoms with Gasteiger partial charge in [0.2, 0.25) is 0 Å². The SMILES string of the molecule is C[C@@H](COc1ccnc2c1[C@H](C)CCC2)C[C@H]1Cc2ccc(OC[C@@H]3COCCO3)cc2C12CCC(Nc1cccc(Cl)c1)(C(=O)O)CC2. The van der Waals surface area contributed by atoms with E-state index in [0.29, 0.717) is 68.7 Å². The Kier molecular flexibility index (Phi) is 10.1. The molecule has 8 nitrogen and oxygen atoms in total. The van der Waals surface area contributed by atoms with Gasteiger partial charge in [0.05, 0.1) is 26.4 Å². The van der Waals surface area contributed by atoms with Gasteiger partial charge in [-0.05, 0) is 128 Å². The normalized spacial score (nSPS) is 28.3. The van der Waals surface area contributed by atoms with Crippen molar-refractivity contribution in [2.75, 3.05) is 38.4 Å². The number of halogens is 1. The monoisotopic (exact) mass is 688 g/mol. The molecule has 2 fully saturated rings. The molecule has 4 atom stereocenters. The molecular formula is C40H49ClN2O6. The molecule has 2 aromatic carbocycles. The number of fused-ring (bicyclic) bond motifs is 3. The molecule has 0 bridgehead atoms. The van der Waals surface area contributed by atoms with Gasteiger partial charge < -0.3 is 29.4 Å². The number of hydrogen-bond acceptors (Lipinski definition) is 7. The average molecular weight is 689 g/mol. The van der Waals surface area contributed by atoms with Crippen molar-refractivity contribution in [2.45, 2.75) is 94.6 Å². The van der Waals surface area contributed by atoms with Crippen molar-refractivity contribution in [3.8, 4) is 11.5 Å². The number of aryl methyl sites for hydroxylation is 1. The van der Waals surface area contributed by atoms with E-state index in [-0.39, 0.29) is 11.5 Å². The Bertz CT molecular complexity index is 1630. The molecule has 1 aliphatic heterocycles. The van der Waals surface area contributed by atoms with Crippen LogP contribution in [0.2, 0.25) is 5.02 Å². The van der Waals surface area contributed by atoms with Crippen LogP contribution in [0.1, 0.15) is 87.1 Å². The van der Waals surface area contributed by atoms with Crippen LogP contribution in [-0.2, 0) is 32.5 Å². The molecule has 4 aliphatic rings. The number of carboxylic acid groups (broad SMARTS) is 1. The van der Waals surface area contributed by atoms with Crippen LogP contribution in [0.15, 0.2) is 54.7 Å². The van der Waals surface area contributed by atoms with Gasteiger partial charge in [-0.15, -0.1) is 0 Å². The Morgan fingerprint density at radius 3 is 2.76 bits per heavy atom. The van der Waals surface area contributed by atoms with Crippen molar-refractivity contribution < 1.29 is 28.8 Å². The van der Waals surface area contributed by atoms with E-state index in [4.69, 9.17) is 30.5 Å². The van der Waals surface area contributed by atoms with E-state index >= 15 is 0 Å². The third kappa shape index (κ3) is 7.15. The first kappa shape index (κ1) is 34.1. The number of ether oxygens (including phenoxy) is 4. The Morgan fingerprint density at radius 2 is 1.98 bits per heavy atom. The van der Waals surface area contributed by atoms with Crippen LogP contribution < -0.4 is 14.8 Å². The fraction of sp³-hybridized carbons (Fsp3) is 0.550. The summed E-state index contributed by atoms with van der Waals surface area (Å²) in [6, 6.07) is 15.9. The van der Waals surface area contributed by atoms with Crippen molar-refractivity contribution in [3.63, 3.8) is 0 Å². The molecule has 2 heterocycles. The number of benzene rings is 2. The van der Waals surface area contributed by atoms with Crippen molar-refractivity contribution in [3.05, 3.63) is 82.1 Å². The average Bonchev–Trinajstić information content (AvgIpc) is 3.39. The van der Waals surface area contributed by atoms with Crippen LogP contribution in [-0.4, -0.2) is 60.7 Å². The van der Waals surface area contributed by atoms with E-state index in [2.05, 4.69) is 42.3 Å². The molecule has 1 spiro atoms. The molecular weight excluding hydrogens is 640 g/mol. The van der Waals surface area contributed by atoms with Crippen LogP contribution in [0.25, 0.3) is 0 Å². The van der Waals surface area contributed by atoms with Gasteiger partial charge >= 0.3 is 5.97 Å². The summed E-state index contributed by atoms with van der Waals surface area (Å²) in [5.74, 6) is 2.12. The summed E-state index contributed by atoms with van der Waals surface area (Å²) in [5, 5.41) is 14.6. The standard InChI is InChI=1S/C40H49ClN2O6/c1-26(23-49-36-11-16-42-35-8-3-5-27(2)37(35)36)19-29-20-28-9-10-32(48-25-33-24-46-17-18-47-33)22-34(28)39(29)12-14-40(15-13-39,38(44)45)43-31-7-4-6-30(41)21-31/h4,6-7,9-11,16,21-22,26-27,29,33,43H,3,5,8,12-15,17-20,23-25H2,1-2H3,(H,44,45)/t26-,27-,29+,33+,39?,40?/m1/s1. The number of aromatic nitrogens is 1. The van der Waals surface area contributed by atoms with Crippen molar-refractivity contribution in [1.82, 2.24) is 4.98 Å². The lowest BCUT2D eigenvalue weighted by Gasteiger charge is -2.47. The van der Waals surface area contributed by atoms with E-state index in [0.717, 1.165) is 49.3 Å². The van der Waals surface area contributed by atoms with Crippen LogP contribution in [0.3, 0.4) is 0 Å². The Balaban J connectivity index is 1.12. The molecule has 1 saturated carbocycles. The van der Waals surface area contributed by atoms with E-state index in [9.17, 15) is 9.90 Å². The van der Waals surface area contributed by atoms with Gasteiger partial charge in [-0.2, -0.15) is 0 Å². The molecule has 0 radical (unpaired) electrons. The Labute approximate surface area is 294 Å². The lowest BCUT2D eigenvalue weighted by molar-refractivity contribution is -0.144. The van der Waals surface area contributed by atoms with Gasteiger partial charge in [0.15, 0.2) is 0 Å². The second kappa shape index (κ2) is 14.5. The number of aliphatic carboxylic acids is 1. The smallest absolute Gasteiger partial charge is 0.329 e. The van der Waals surface area contributed by atoms with Crippen molar-refractivity contribution in [1.29, 1.82) is 0 Å². The fourth-order valence-corrected chi connectivity index (χ4v) is 9.18. The summed E-state index contributed by atoms with van der Waals surface area (Å²) in [4.78, 5) is 17.6. The maximum Gasteiger partial charge on any atom is 0.329 e. The number of nitrogens with zero attached hydrogens (tertiary/aromatic N) is 1. The van der Waals surface area contributed by atoms with Crippen LogP contribution in [0, 0.1) is 11.8 Å². The molecule has 0 amide bonds. The van der Waals surface area contributed by atoms with Gasteiger partial charge in [-0.1, -0.05) is 37.6 Å². The highest BCUT2D eigenvalue weighted by Gasteiger charge is 2.54. The predicted octanol–water partition coefficient (Wildman–Crippen LogP) is 7.99. The molecule has 262 valence electrons. The molecule has 1 saturated heterocycles. The van der Waals surface area contributed by atoms with Gasteiger partial charge in [0, 0.05) is 28.2 Å². The number of hydrogen-bond donors (Lipinski definition) is 2. The molecule has 1 aromatic heterocycles. The first-order valence-corrected chi connectivity index (χ1v) is 18.5. The minimum Gasteiger partial charge on any atom is -0.493 e. The van der Waals surface area contributed by atoms with Gasteiger partial charge in [0.1, 0.15) is 29.7 Å². The highest BCUT2D eigenvalue weighted by Crippen LogP contribution is 2.57. The summed E-state index contributed by atoms with van der Waals surface area (Å²) in [6.45, 7) is 7.39. The maximum atomic E-state index is 12.9. The van der Waals surface area contributed by atoms with Crippen molar-refractivity contribution >= 4 is 23.3 Å². The molecule has 3 aromatic rings. The molecule has 7 rings (SSSR count). The quantitative estimate of drug-likeness (QED) is 0.209. The highest BCUT2D eigenvalue weighted by molar-refractivity contribution is 6.30. The summed E-state index contributed by atoms with van der Waals surface area (Å²) in [7, 11) is 0. The fourth-order valence-electron chi connectivity index (χ4n) is 8.99. The summed E-state index contributed by atoms with van der Waals surface area (Å²) in [6.07, 6.45) is 9.67. The maximum absolute atomic E-state index is 12.9. The minimum atomic E-state index is -1.07. The summed E-state index contributed by atoms with van der Waals surface area (Å²) in [5.41, 5.74) is 4.62. The van der Waals surface area contributed by atoms with Crippen molar-refractivity contribution in [2.24, 2.45) is 11.8 Å². The first-order valence-electron chi connectivity index (χ1n) is 18.1. The number of nitrogens with one attached hydrogen (secondary N) is 1. The Morgan fingerprint density at radius 1 is 1.12 bits per heavy atom. The lowest BCUT2D eigenvalue weighted by atomic mass is 9.59. The Hall–Kier alpha value is -3.33. The zero-order valence-corrected chi connectivity index (χ0v) is 29.5. The number of carboxylic acids is 1. The molecule has 9 heteroatoms. The topological polar surface area (TPSA) is 99.1 Å². The van der Waals surface area contributed by atoms with Crippen LogP contribution in [0.5, 0.6) is 11.5 Å². The summed E-state index contributed by atoms with van der Waals surface area (Å²) >= 11 is 6.28. The number of pyridine rings is 1. The molecule has 49 heavy (non-hydrogen) atoms. The molecule has 0 unspecified atom stereocenters. The van der Waals surface area contributed by atoms with Gasteiger partial charge in [-0.3, -0.25) is 4.98 Å². The highest BCUT2D eigenvalue weighted by atomic mass is 35.5. The number of anilines is 1. The third-order valence-electron chi connectivity index (χ3n) is 11.6. The van der Waals surface area contributed by atoms with Gasteiger partial charge in [0.25, 0.3) is 0 Å². The van der Waals surface area contributed by atoms with E-state index < -0.39 is 11.5 Å². The zero-order valence-electron chi connectivity index (χ0n) is 28.7. The van der Waals surface area contributed by atoms with Crippen LogP contribution >= 0.6 is 11.6 Å². The lowest BCUT2D eigenvalue weighted by Crippen LogP contribution is -2.53. The first-order chi connectivity index (χ1) is 23.7. The second-order valence-electron chi connectivity index (χ2n) is 14.9. The largest absolute Gasteiger partial charge is 0.493 e. The van der Waals surface area contributed by atoms with E-state index in [1.54, 1.807) is 12.1 Å². The van der Waals surface area contributed by atoms with E-state index in [1.165, 1.54) is 35.2 Å². The second-order valence-corrected chi connectivity index (χ2v) is 15.3. The van der Waals surface area contributed by atoms with Gasteiger partial charge in [-0.25, -0.2) is 4.79 Å². The predicted molar refractivity (Wildman–Crippen MR) is 190 cm³/mol. The molecule has 3 aliphatic carbocycles. The summed E-state index contributed by atoms with van der Waals surface area (Å²) < 4.78 is 24.2. The number of rotatable bonds is 11. The third-order valence-corrected chi connectivity index (χ3v) is 11.8. The van der Waals surface area contributed by atoms with E-state index in [1.807, 2.05) is 24.4 Å². The zero-order chi connectivity index (χ0) is 34.0.